The minimum absolute atomic E-state index is 0.0872. The summed E-state index contributed by atoms with van der Waals surface area (Å²) < 4.78 is 0. The van der Waals surface area contributed by atoms with Gasteiger partial charge < -0.3 is 5.32 Å². The molecule has 0 saturated heterocycles. The zero-order chi connectivity index (χ0) is 12.5. The maximum absolute atomic E-state index is 11.7. The van der Waals surface area contributed by atoms with E-state index < -0.39 is 0 Å². The van der Waals surface area contributed by atoms with E-state index in [4.69, 9.17) is 11.6 Å². The fraction of sp³-hybridized carbons (Fsp3) is 0.500. The fourth-order valence-electron chi connectivity index (χ4n) is 1.71. The van der Waals surface area contributed by atoms with E-state index in [2.05, 4.69) is 12.2 Å². The Labute approximate surface area is 108 Å². The van der Waals surface area contributed by atoms with Crippen molar-refractivity contribution in [2.75, 3.05) is 12.4 Å². The first-order chi connectivity index (χ1) is 8.26. The Hall–Kier alpha value is -1.02. The molecular weight excluding hydrogens is 234 g/mol. The zero-order valence-electron chi connectivity index (χ0n) is 10.3. The van der Waals surface area contributed by atoms with Crippen LogP contribution in [-0.2, 0) is 11.2 Å². The lowest BCUT2D eigenvalue weighted by molar-refractivity contribution is -0.120. The number of benzene rings is 1. The number of rotatable bonds is 7. The Balaban J connectivity index is 2.30. The lowest BCUT2D eigenvalue weighted by Crippen LogP contribution is -2.30. The van der Waals surface area contributed by atoms with Gasteiger partial charge in [-0.05, 0) is 17.9 Å². The lowest BCUT2D eigenvalue weighted by atomic mass is 10.0. The smallest absolute Gasteiger partial charge is 0.224 e. The highest BCUT2D eigenvalue weighted by atomic mass is 35.5. The maximum atomic E-state index is 11.7. The van der Waals surface area contributed by atoms with Crippen LogP contribution in [-0.4, -0.2) is 18.3 Å². The molecule has 0 aromatic heterocycles. The Morgan fingerprint density at radius 3 is 2.65 bits per heavy atom. The molecule has 0 heterocycles. The van der Waals surface area contributed by atoms with Gasteiger partial charge in [0.2, 0.25) is 5.91 Å². The van der Waals surface area contributed by atoms with Gasteiger partial charge >= 0.3 is 0 Å². The zero-order valence-corrected chi connectivity index (χ0v) is 11.0. The summed E-state index contributed by atoms with van der Waals surface area (Å²) in [5.74, 6) is 1.24. The summed E-state index contributed by atoms with van der Waals surface area (Å²) in [6.45, 7) is 2.86. The van der Waals surface area contributed by atoms with Crippen molar-refractivity contribution < 1.29 is 4.79 Å². The number of halogens is 1. The molecule has 0 fully saturated rings. The minimum atomic E-state index is 0.0872. The van der Waals surface area contributed by atoms with Gasteiger partial charge in [0, 0.05) is 12.4 Å². The van der Waals surface area contributed by atoms with Crippen molar-refractivity contribution in [1.82, 2.24) is 5.32 Å². The molecule has 0 radical (unpaired) electrons. The van der Waals surface area contributed by atoms with Crippen molar-refractivity contribution >= 4 is 17.5 Å². The van der Waals surface area contributed by atoms with E-state index in [0.717, 1.165) is 24.9 Å². The van der Waals surface area contributed by atoms with Crippen molar-refractivity contribution in [3.63, 3.8) is 0 Å². The first kappa shape index (κ1) is 14.0. The number of hydrogen-bond acceptors (Lipinski definition) is 1. The van der Waals surface area contributed by atoms with Crippen molar-refractivity contribution in [3.8, 4) is 0 Å². The SMILES string of the molecule is CCC(CCCl)CNC(=O)Cc1ccccc1. The molecule has 94 valence electrons. The molecule has 0 aliphatic heterocycles. The third-order valence-electron chi connectivity index (χ3n) is 2.89. The van der Waals surface area contributed by atoms with Crippen LogP contribution in [0.5, 0.6) is 0 Å². The first-order valence-corrected chi connectivity index (χ1v) is 6.66. The number of carbonyl (C=O) groups is 1. The van der Waals surface area contributed by atoms with Crippen LogP contribution < -0.4 is 5.32 Å². The number of nitrogens with one attached hydrogen (secondary N) is 1. The molecular formula is C14H20ClNO. The van der Waals surface area contributed by atoms with Crippen LogP contribution in [0.2, 0.25) is 0 Å². The topological polar surface area (TPSA) is 29.1 Å². The minimum Gasteiger partial charge on any atom is -0.356 e. The molecule has 0 aliphatic rings. The van der Waals surface area contributed by atoms with Gasteiger partial charge in [0.25, 0.3) is 0 Å². The van der Waals surface area contributed by atoms with Crippen LogP contribution in [0.25, 0.3) is 0 Å². The number of hydrogen-bond donors (Lipinski definition) is 1. The summed E-state index contributed by atoms with van der Waals surface area (Å²) in [5.41, 5.74) is 1.05. The van der Waals surface area contributed by atoms with Crippen LogP contribution >= 0.6 is 11.6 Å². The molecule has 0 spiro atoms. The second-order valence-electron chi connectivity index (χ2n) is 4.22. The largest absolute Gasteiger partial charge is 0.356 e. The van der Waals surface area contributed by atoms with Gasteiger partial charge in [-0.1, -0.05) is 43.7 Å². The molecule has 0 bridgehead atoms. The van der Waals surface area contributed by atoms with Gasteiger partial charge in [0.1, 0.15) is 0 Å². The van der Waals surface area contributed by atoms with Crippen LogP contribution in [0, 0.1) is 5.92 Å². The quantitative estimate of drug-likeness (QED) is 0.744. The molecule has 1 rings (SSSR count). The van der Waals surface area contributed by atoms with E-state index in [9.17, 15) is 4.79 Å². The fourth-order valence-corrected chi connectivity index (χ4v) is 2.02. The van der Waals surface area contributed by atoms with E-state index >= 15 is 0 Å². The summed E-state index contributed by atoms with van der Waals surface area (Å²) in [6.07, 6.45) is 2.47. The van der Waals surface area contributed by atoms with Crippen molar-refractivity contribution in [3.05, 3.63) is 35.9 Å². The summed E-state index contributed by atoms with van der Waals surface area (Å²) in [5, 5.41) is 2.97. The summed E-state index contributed by atoms with van der Waals surface area (Å²) >= 11 is 5.71. The predicted molar refractivity (Wildman–Crippen MR) is 72.3 cm³/mol. The molecule has 1 aromatic rings. The van der Waals surface area contributed by atoms with Crippen molar-refractivity contribution in [1.29, 1.82) is 0 Å². The van der Waals surface area contributed by atoms with Crippen molar-refractivity contribution in [2.24, 2.45) is 5.92 Å². The second-order valence-corrected chi connectivity index (χ2v) is 4.60. The first-order valence-electron chi connectivity index (χ1n) is 6.12. The molecule has 1 unspecified atom stereocenters. The Kier molecular flexibility index (Phi) is 6.71. The molecule has 17 heavy (non-hydrogen) atoms. The molecule has 0 saturated carbocycles. The Morgan fingerprint density at radius 1 is 1.35 bits per heavy atom. The number of amides is 1. The van der Waals surface area contributed by atoms with Gasteiger partial charge in [-0.15, -0.1) is 11.6 Å². The summed E-state index contributed by atoms with van der Waals surface area (Å²) in [7, 11) is 0. The van der Waals surface area contributed by atoms with Gasteiger partial charge in [-0.2, -0.15) is 0 Å². The van der Waals surface area contributed by atoms with E-state index in [-0.39, 0.29) is 5.91 Å². The summed E-state index contributed by atoms with van der Waals surface area (Å²) in [6, 6.07) is 9.79. The molecule has 1 atom stereocenters. The highest BCUT2D eigenvalue weighted by Gasteiger charge is 2.08. The molecule has 0 aliphatic carbocycles. The van der Waals surface area contributed by atoms with Crippen LogP contribution in [0.3, 0.4) is 0 Å². The molecule has 2 nitrogen and oxygen atoms in total. The van der Waals surface area contributed by atoms with Gasteiger partial charge in [-0.3, -0.25) is 4.79 Å². The van der Waals surface area contributed by atoms with E-state index in [1.165, 1.54) is 0 Å². The maximum Gasteiger partial charge on any atom is 0.224 e. The van der Waals surface area contributed by atoms with Crippen LogP contribution in [0.4, 0.5) is 0 Å². The molecule has 1 amide bonds. The van der Waals surface area contributed by atoms with Crippen LogP contribution in [0.1, 0.15) is 25.3 Å². The monoisotopic (exact) mass is 253 g/mol. The van der Waals surface area contributed by atoms with E-state index in [1.54, 1.807) is 0 Å². The molecule has 3 heteroatoms. The highest BCUT2D eigenvalue weighted by Crippen LogP contribution is 2.08. The normalized spacial score (nSPS) is 12.1. The Bertz CT molecular complexity index is 326. The Morgan fingerprint density at radius 2 is 2.06 bits per heavy atom. The number of carbonyl (C=O) groups excluding carboxylic acids is 1. The number of alkyl halides is 1. The lowest BCUT2D eigenvalue weighted by Gasteiger charge is -2.14. The summed E-state index contributed by atoms with van der Waals surface area (Å²) in [4.78, 5) is 11.7. The second kappa shape index (κ2) is 8.13. The van der Waals surface area contributed by atoms with Crippen LogP contribution in [0.15, 0.2) is 30.3 Å². The average molecular weight is 254 g/mol. The predicted octanol–water partition coefficient (Wildman–Crippen LogP) is 3.00. The van der Waals surface area contributed by atoms with E-state index in [0.29, 0.717) is 18.2 Å². The van der Waals surface area contributed by atoms with Gasteiger partial charge in [0.05, 0.1) is 6.42 Å². The standard InChI is InChI=1S/C14H20ClNO/c1-2-12(8-9-15)11-16-14(17)10-13-6-4-3-5-7-13/h3-7,12H,2,8-11H2,1H3,(H,16,17). The third kappa shape index (κ3) is 5.73. The molecule has 1 N–H and O–H groups in total. The van der Waals surface area contributed by atoms with Gasteiger partial charge in [0.15, 0.2) is 0 Å². The van der Waals surface area contributed by atoms with E-state index in [1.807, 2.05) is 30.3 Å². The van der Waals surface area contributed by atoms with Gasteiger partial charge in [-0.25, -0.2) is 0 Å². The third-order valence-corrected chi connectivity index (χ3v) is 3.11. The average Bonchev–Trinajstić information content (AvgIpc) is 2.35. The highest BCUT2D eigenvalue weighted by molar-refractivity contribution is 6.17. The van der Waals surface area contributed by atoms with Crippen molar-refractivity contribution in [2.45, 2.75) is 26.2 Å². The molecule has 1 aromatic carbocycles.